The molecule has 2 N–H and O–H groups in total. The van der Waals surface area contributed by atoms with E-state index in [4.69, 9.17) is 21.6 Å². The Bertz CT molecular complexity index is 343. The fourth-order valence-corrected chi connectivity index (χ4v) is 1.08. The van der Waals surface area contributed by atoms with Gasteiger partial charge < -0.3 is 10.0 Å². The Morgan fingerprint density at radius 1 is 1.46 bits per heavy atom. The molecule has 0 fully saturated rings. The van der Waals surface area contributed by atoms with Gasteiger partial charge in [-0.05, 0) is 6.07 Å². The molecule has 13 heavy (non-hydrogen) atoms. The highest BCUT2D eigenvalue weighted by Crippen LogP contribution is 2.15. The molecule has 0 bridgehead atoms. The number of hydrogen-bond donors (Lipinski definition) is 2. The first-order valence-electron chi connectivity index (χ1n) is 3.37. The zero-order chi connectivity index (χ0) is 10.0. The molecule has 0 atom stereocenters. The number of hydrogen-bond acceptors (Lipinski definition) is 3. The van der Waals surface area contributed by atoms with Gasteiger partial charge in [-0.1, -0.05) is 17.7 Å². The molecular formula is C7H5BClFO3. The summed E-state index contributed by atoms with van der Waals surface area (Å²) in [5, 5.41) is 17.3. The normalized spacial score (nSPS) is 9.85. The third kappa shape index (κ3) is 1.88. The highest BCUT2D eigenvalue weighted by Gasteiger charge is 2.20. The van der Waals surface area contributed by atoms with Gasteiger partial charge in [0, 0.05) is 5.46 Å². The van der Waals surface area contributed by atoms with Crippen LogP contribution in [0.25, 0.3) is 0 Å². The summed E-state index contributed by atoms with van der Waals surface area (Å²) in [5.41, 5.74) is -0.737. The molecule has 6 heteroatoms. The van der Waals surface area contributed by atoms with Crippen LogP contribution in [0.2, 0.25) is 5.02 Å². The van der Waals surface area contributed by atoms with Crippen LogP contribution in [0.3, 0.4) is 0 Å². The minimum absolute atomic E-state index is 0.0584. The second-order valence-corrected chi connectivity index (χ2v) is 2.76. The number of halogens is 2. The van der Waals surface area contributed by atoms with Gasteiger partial charge in [-0.2, -0.15) is 0 Å². The minimum atomic E-state index is -1.95. The summed E-state index contributed by atoms with van der Waals surface area (Å²) in [6.07, 6.45) is 0.226. The zero-order valence-corrected chi connectivity index (χ0v) is 7.12. The van der Waals surface area contributed by atoms with Crippen LogP contribution in [0.15, 0.2) is 12.1 Å². The quantitative estimate of drug-likeness (QED) is 0.523. The van der Waals surface area contributed by atoms with E-state index in [1.54, 1.807) is 0 Å². The Labute approximate surface area is 78.9 Å². The smallest absolute Gasteiger partial charge is 0.423 e. The fraction of sp³-hybridized carbons (Fsp3) is 0. The lowest BCUT2D eigenvalue weighted by Crippen LogP contribution is -2.33. The molecule has 0 unspecified atom stereocenters. The molecule has 0 aliphatic carbocycles. The van der Waals surface area contributed by atoms with Gasteiger partial charge in [-0.25, -0.2) is 4.39 Å². The predicted molar refractivity (Wildman–Crippen MR) is 46.6 cm³/mol. The number of benzene rings is 1. The van der Waals surface area contributed by atoms with Crippen LogP contribution in [-0.4, -0.2) is 23.5 Å². The molecule has 0 aliphatic heterocycles. The van der Waals surface area contributed by atoms with Crippen molar-refractivity contribution in [3.63, 3.8) is 0 Å². The van der Waals surface area contributed by atoms with Gasteiger partial charge in [0.25, 0.3) is 0 Å². The average molecular weight is 202 g/mol. The third-order valence-corrected chi connectivity index (χ3v) is 1.88. The van der Waals surface area contributed by atoms with Crippen molar-refractivity contribution in [1.82, 2.24) is 0 Å². The molecule has 1 aromatic rings. The van der Waals surface area contributed by atoms with Gasteiger partial charge in [0.15, 0.2) is 6.29 Å². The lowest BCUT2D eigenvalue weighted by molar-refractivity contribution is 0.112. The second kappa shape index (κ2) is 3.87. The summed E-state index contributed by atoms with van der Waals surface area (Å²) >= 11 is 5.47. The minimum Gasteiger partial charge on any atom is -0.423 e. The molecule has 0 amide bonds. The van der Waals surface area contributed by atoms with Crippen molar-refractivity contribution in [2.24, 2.45) is 0 Å². The monoisotopic (exact) mass is 202 g/mol. The van der Waals surface area contributed by atoms with Crippen molar-refractivity contribution < 1.29 is 19.2 Å². The molecular weight excluding hydrogens is 197 g/mol. The van der Waals surface area contributed by atoms with Crippen LogP contribution in [0.5, 0.6) is 0 Å². The summed E-state index contributed by atoms with van der Waals surface area (Å²) in [4.78, 5) is 10.3. The van der Waals surface area contributed by atoms with Gasteiger partial charge in [-0.15, -0.1) is 0 Å². The summed E-state index contributed by atoms with van der Waals surface area (Å²) in [6, 6.07) is 2.33. The van der Waals surface area contributed by atoms with E-state index < -0.39 is 12.9 Å². The van der Waals surface area contributed by atoms with Gasteiger partial charge in [0.1, 0.15) is 5.82 Å². The molecule has 0 saturated heterocycles. The van der Waals surface area contributed by atoms with E-state index in [9.17, 15) is 9.18 Å². The van der Waals surface area contributed by atoms with E-state index in [1.165, 1.54) is 6.07 Å². The Morgan fingerprint density at radius 3 is 2.54 bits per heavy atom. The van der Waals surface area contributed by atoms with Crippen molar-refractivity contribution >= 4 is 30.5 Å². The van der Waals surface area contributed by atoms with Crippen LogP contribution in [0.1, 0.15) is 10.4 Å². The lowest BCUT2D eigenvalue weighted by atomic mass is 9.79. The highest BCUT2D eigenvalue weighted by atomic mass is 35.5. The molecule has 1 rings (SSSR count). The molecule has 68 valence electrons. The zero-order valence-electron chi connectivity index (χ0n) is 6.37. The number of carbonyl (C=O) groups is 1. The van der Waals surface area contributed by atoms with Crippen LogP contribution in [-0.2, 0) is 0 Å². The van der Waals surface area contributed by atoms with Crippen molar-refractivity contribution in [3.05, 3.63) is 28.5 Å². The van der Waals surface area contributed by atoms with Gasteiger partial charge in [0.05, 0.1) is 10.6 Å². The first-order chi connectivity index (χ1) is 6.07. The topological polar surface area (TPSA) is 57.5 Å². The SMILES string of the molecule is O=Cc1c(Cl)ccc(B(O)O)c1F. The standard InChI is InChI=1S/C7H5BClFO3/c9-6-2-1-5(8(12)13)7(10)4(6)3-11/h1-3,12-13H. The Balaban J connectivity index is 3.35. The van der Waals surface area contributed by atoms with E-state index in [-0.39, 0.29) is 22.3 Å². The van der Waals surface area contributed by atoms with Crippen molar-refractivity contribution in [3.8, 4) is 0 Å². The van der Waals surface area contributed by atoms with Crippen molar-refractivity contribution in [1.29, 1.82) is 0 Å². The molecule has 0 aromatic heterocycles. The molecule has 0 aliphatic rings. The summed E-state index contributed by atoms with van der Waals surface area (Å²) in [5.74, 6) is -1.00. The summed E-state index contributed by atoms with van der Waals surface area (Å²) in [7, 11) is -1.95. The number of carbonyl (C=O) groups excluding carboxylic acids is 1. The van der Waals surface area contributed by atoms with E-state index >= 15 is 0 Å². The third-order valence-electron chi connectivity index (χ3n) is 1.55. The maximum atomic E-state index is 13.1. The first kappa shape index (κ1) is 10.2. The van der Waals surface area contributed by atoms with E-state index in [1.807, 2.05) is 0 Å². The van der Waals surface area contributed by atoms with Gasteiger partial charge in [-0.3, -0.25) is 4.79 Å². The maximum absolute atomic E-state index is 13.1. The number of rotatable bonds is 2. The molecule has 0 saturated carbocycles. The second-order valence-electron chi connectivity index (χ2n) is 2.36. The molecule has 0 spiro atoms. The van der Waals surface area contributed by atoms with E-state index in [2.05, 4.69) is 0 Å². The van der Waals surface area contributed by atoms with Crippen LogP contribution in [0, 0.1) is 5.82 Å². The molecule has 1 aromatic carbocycles. The van der Waals surface area contributed by atoms with Gasteiger partial charge >= 0.3 is 7.12 Å². The van der Waals surface area contributed by atoms with Crippen LogP contribution >= 0.6 is 11.6 Å². The summed E-state index contributed by atoms with van der Waals surface area (Å²) in [6.45, 7) is 0. The Hall–Kier alpha value is -0.905. The van der Waals surface area contributed by atoms with Crippen LogP contribution in [0.4, 0.5) is 4.39 Å². The van der Waals surface area contributed by atoms with Crippen molar-refractivity contribution in [2.45, 2.75) is 0 Å². The maximum Gasteiger partial charge on any atom is 0.491 e. The highest BCUT2D eigenvalue weighted by molar-refractivity contribution is 6.59. The summed E-state index contributed by atoms with van der Waals surface area (Å²) < 4.78 is 13.1. The predicted octanol–water partition coefficient (Wildman–Crippen LogP) is -0.0286. The fourth-order valence-electron chi connectivity index (χ4n) is 0.894. The number of aldehydes is 1. The van der Waals surface area contributed by atoms with E-state index in [0.717, 1.165) is 6.07 Å². The van der Waals surface area contributed by atoms with E-state index in [0.29, 0.717) is 0 Å². The largest absolute Gasteiger partial charge is 0.491 e. The van der Waals surface area contributed by atoms with Gasteiger partial charge in [0.2, 0.25) is 0 Å². The average Bonchev–Trinajstić information content (AvgIpc) is 2.04. The Morgan fingerprint density at radius 2 is 2.08 bits per heavy atom. The molecule has 0 heterocycles. The molecule has 3 nitrogen and oxygen atoms in total. The van der Waals surface area contributed by atoms with Crippen molar-refractivity contribution in [2.75, 3.05) is 0 Å². The first-order valence-corrected chi connectivity index (χ1v) is 3.75. The Kier molecular flexibility index (Phi) is 3.03. The lowest BCUT2D eigenvalue weighted by Gasteiger charge is -2.04. The molecule has 0 radical (unpaired) electrons. The van der Waals surface area contributed by atoms with Crippen LogP contribution < -0.4 is 5.46 Å².